The van der Waals surface area contributed by atoms with Crippen molar-refractivity contribution < 1.29 is 28.2 Å². The van der Waals surface area contributed by atoms with Crippen molar-refractivity contribution in [2.24, 2.45) is 0 Å². The number of carbonyl (C=O) groups is 1. The quantitative estimate of drug-likeness (QED) is 0.785. The topological polar surface area (TPSA) is 67.8 Å². The summed E-state index contributed by atoms with van der Waals surface area (Å²) in [6.07, 6.45) is -4.79. The average Bonchev–Trinajstić information content (AvgIpc) is 2.44. The van der Waals surface area contributed by atoms with E-state index in [2.05, 4.69) is 5.32 Å². The first kappa shape index (κ1) is 16.2. The molecule has 20 heavy (non-hydrogen) atoms. The Morgan fingerprint density at radius 3 is 2.60 bits per heavy atom. The van der Waals surface area contributed by atoms with Crippen LogP contribution in [0.3, 0.4) is 0 Å². The summed E-state index contributed by atoms with van der Waals surface area (Å²) >= 11 is 0. The highest BCUT2D eigenvalue weighted by atomic mass is 19.3. The van der Waals surface area contributed by atoms with Crippen LogP contribution in [0, 0.1) is 0 Å². The molecule has 0 radical (unpaired) electrons. The summed E-state index contributed by atoms with van der Waals surface area (Å²) in [4.78, 5) is 11.6. The van der Waals surface area contributed by atoms with Crippen molar-refractivity contribution in [1.82, 2.24) is 5.32 Å². The van der Waals surface area contributed by atoms with Gasteiger partial charge in [-0.25, -0.2) is 8.78 Å². The lowest BCUT2D eigenvalue weighted by molar-refractivity contribution is -0.121. The smallest absolute Gasteiger partial charge is 0.265 e. The van der Waals surface area contributed by atoms with E-state index >= 15 is 0 Å². The van der Waals surface area contributed by atoms with Gasteiger partial charge in [0.1, 0.15) is 17.6 Å². The fourth-order valence-electron chi connectivity index (χ4n) is 1.54. The van der Waals surface area contributed by atoms with Gasteiger partial charge in [-0.1, -0.05) is 6.07 Å². The van der Waals surface area contributed by atoms with Crippen LogP contribution >= 0.6 is 0 Å². The number of hydrogen-bond donors (Lipinski definition) is 2. The van der Waals surface area contributed by atoms with E-state index in [1.54, 1.807) is 18.2 Å². The minimum absolute atomic E-state index is 0.0386. The molecule has 0 fully saturated rings. The van der Waals surface area contributed by atoms with Crippen LogP contribution < -0.4 is 14.8 Å². The molecule has 1 rings (SSSR count). The van der Waals surface area contributed by atoms with Gasteiger partial charge in [-0.2, -0.15) is 0 Å². The highest BCUT2D eigenvalue weighted by molar-refractivity contribution is 5.79. The van der Waals surface area contributed by atoms with Gasteiger partial charge in [-0.15, -0.1) is 0 Å². The van der Waals surface area contributed by atoms with Crippen molar-refractivity contribution in [3.63, 3.8) is 0 Å². The number of methoxy groups -OCH3 is 2. The van der Waals surface area contributed by atoms with Crippen LogP contribution in [-0.4, -0.2) is 44.3 Å². The van der Waals surface area contributed by atoms with Gasteiger partial charge in [0.15, 0.2) is 0 Å². The summed E-state index contributed by atoms with van der Waals surface area (Å²) in [5.41, 5.74) is 0.595. The number of aliphatic hydroxyl groups excluding tert-OH is 1. The van der Waals surface area contributed by atoms with Gasteiger partial charge >= 0.3 is 0 Å². The third-order valence-electron chi connectivity index (χ3n) is 2.64. The molecule has 1 aromatic carbocycles. The van der Waals surface area contributed by atoms with Crippen LogP contribution in [-0.2, 0) is 11.2 Å². The fourth-order valence-corrected chi connectivity index (χ4v) is 1.54. The highest BCUT2D eigenvalue weighted by Crippen LogP contribution is 2.24. The number of alkyl halides is 2. The van der Waals surface area contributed by atoms with Gasteiger partial charge in [0, 0.05) is 18.2 Å². The number of aliphatic hydroxyl groups is 1. The number of benzene rings is 1. The molecule has 0 bridgehead atoms. The minimum atomic E-state index is -2.88. The second kappa shape index (κ2) is 7.64. The Labute approximate surface area is 115 Å². The molecule has 1 atom stereocenters. The number of rotatable bonds is 7. The average molecular weight is 289 g/mol. The van der Waals surface area contributed by atoms with Gasteiger partial charge in [0.05, 0.1) is 20.6 Å². The lowest BCUT2D eigenvalue weighted by atomic mass is 10.1. The predicted molar refractivity (Wildman–Crippen MR) is 68.3 cm³/mol. The van der Waals surface area contributed by atoms with Crippen LogP contribution in [0.2, 0.25) is 0 Å². The number of ether oxygens (including phenoxy) is 2. The first-order chi connectivity index (χ1) is 9.47. The van der Waals surface area contributed by atoms with Crippen LogP contribution in [0.15, 0.2) is 18.2 Å². The number of halogens is 2. The van der Waals surface area contributed by atoms with Crippen molar-refractivity contribution in [2.75, 3.05) is 20.8 Å². The van der Waals surface area contributed by atoms with Crippen LogP contribution in [0.1, 0.15) is 5.56 Å². The van der Waals surface area contributed by atoms with E-state index in [1.807, 2.05) is 0 Å². The maximum absolute atomic E-state index is 12.1. The molecule has 0 saturated heterocycles. The largest absolute Gasteiger partial charge is 0.497 e. The molecular formula is C13H17F2NO4. The molecule has 5 nitrogen and oxygen atoms in total. The van der Waals surface area contributed by atoms with Crippen LogP contribution in [0.4, 0.5) is 8.78 Å². The van der Waals surface area contributed by atoms with Crippen LogP contribution in [0.5, 0.6) is 11.5 Å². The summed E-state index contributed by atoms with van der Waals surface area (Å²) in [5, 5.41) is 11.1. The lowest BCUT2D eigenvalue weighted by Gasteiger charge is -2.12. The third kappa shape index (κ3) is 4.65. The Hall–Kier alpha value is -1.89. The van der Waals surface area contributed by atoms with Gasteiger partial charge in [-0.3, -0.25) is 4.79 Å². The minimum Gasteiger partial charge on any atom is -0.497 e. The standard InChI is InChI=1S/C13H17F2NO4/c1-19-9-4-3-8(11(6-9)20-2)5-12(18)16-7-10(17)13(14)15/h3-4,6,10,13,17H,5,7H2,1-2H3,(H,16,18). The van der Waals surface area contributed by atoms with Crippen molar-refractivity contribution in [2.45, 2.75) is 19.0 Å². The second-order valence-electron chi connectivity index (χ2n) is 4.06. The maximum Gasteiger partial charge on any atom is 0.265 e. The SMILES string of the molecule is COc1ccc(CC(=O)NCC(O)C(F)F)c(OC)c1. The van der Waals surface area contributed by atoms with E-state index in [0.717, 1.165) is 0 Å². The van der Waals surface area contributed by atoms with Gasteiger partial charge in [0.2, 0.25) is 5.91 Å². The predicted octanol–water partition coefficient (Wildman–Crippen LogP) is 0.988. The highest BCUT2D eigenvalue weighted by Gasteiger charge is 2.18. The van der Waals surface area contributed by atoms with Gasteiger partial charge in [0.25, 0.3) is 6.43 Å². The number of nitrogens with one attached hydrogen (secondary N) is 1. The zero-order chi connectivity index (χ0) is 15.1. The maximum atomic E-state index is 12.1. The molecule has 0 spiro atoms. The normalized spacial score (nSPS) is 12.1. The molecule has 0 aliphatic heterocycles. The van der Waals surface area contributed by atoms with E-state index in [-0.39, 0.29) is 6.42 Å². The summed E-state index contributed by atoms with van der Waals surface area (Å²) in [6, 6.07) is 4.94. The molecule has 112 valence electrons. The van der Waals surface area contributed by atoms with Crippen molar-refractivity contribution in [1.29, 1.82) is 0 Å². The van der Waals surface area contributed by atoms with E-state index < -0.39 is 25.0 Å². The number of amides is 1. The van der Waals surface area contributed by atoms with Crippen molar-refractivity contribution >= 4 is 5.91 Å². The molecule has 0 aromatic heterocycles. The Balaban J connectivity index is 2.61. The molecule has 0 saturated carbocycles. The second-order valence-corrected chi connectivity index (χ2v) is 4.06. The molecule has 1 aromatic rings. The number of carbonyl (C=O) groups excluding carboxylic acids is 1. The summed E-state index contributed by atoms with van der Waals surface area (Å²) < 4.78 is 34.3. The van der Waals surface area contributed by atoms with Gasteiger partial charge in [-0.05, 0) is 6.07 Å². The zero-order valence-electron chi connectivity index (χ0n) is 11.2. The molecule has 2 N–H and O–H groups in total. The van der Waals surface area contributed by atoms with Crippen molar-refractivity contribution in [3.05, 3.63) is 23.8 Å². The fraction of sp³-hybridized carbons (Fsp3) is 0.462. The Bertz CT molecular complexity index is 454. The van der Waals surface area contributed by atoms with Crippen LogP contribution in [0.25, 0.3) is 0 Å². The lowest BCUT2D eigenvalue weighted by Crippen LogP contribution is -2.36. The first-order valence-electron chi connectivity index (χ1n) is 5.91. The first-order valence-corrected chi connectivity index (χ1v) is 5.91. The van der Waals surface area contributed by atoms with E-state index in [1.165, 1.54) is 14.2 Å². The molecule has 1 amide bonds. The summed E-state index contributed by atoms with van der Waals surface area (Å²) in [5.74, 6) is 0.571. The Kier molecular flexibility index (Phi) is 6.17. The summed E-state index contributed by atoms with van der Waals surface area (Å²) in [6.45, 7) is -0.491. The third-order valence-corrected chi connectivity index (χ3v) is 2.64. The monoisotopic (exact) mass is 289 g/mol. The molecule has 0 aliphatic rings. The van der Waals surface area contributed by atoms with E-state index in [4.69, 9.17) is 14.6 Å². The molecule has 7 heteroatoms. The Morgan fingerprint density at radius 2 is 2.05 bits per heavy atom. The van der Waals surface area contributed by atoms with Crippen molar-refractivity contribution in [3.8, 4) is 11.5 Å². The zero-order valence-corrected chi connectivity index (χ0v) is 11.2. The number of hydrogen-bond acceptors (Lipinski definition) is 4. The van der Waals surface area contributed by atoms with E-state index in [9.17, 15) is 13.6 Å². The summed E-state index contributed by atoms with van der Waals surface area (Å²) in [7, 11) is 2.96. The molecule has 1 unspecified atom stereocenters. The van der Waals surface area contributed by atoms with Gasteiger partial charge < -0.3 is 19.9 Å². The molecule has 0 heterocycles. The van der Waals surface area contributed by atoms with E-state index in [0.29, 0.717) is 17.1 Å². The molecular weight excluding hydrogens is 272 g/mol. The molecule has 0 aliphatic carbocycles. The Morgan fingerprint density at radius 1 is 1.35 bits per heavy atom.